The highest BCUT2D eigenvalue weighted by Crippen LogP contribution is 2.31. The van der Waals surface area contributed by atoms with Crippen molar-refractivity contribution in [2.45, 2.75) is 26.3 Å². The number of nitrogens with one attached hydrogen (secondary N) is 1. The monoisotopic (exact) mass is 373 g/mol. The van der Waals surface area contributed by atoms with Crippen molar-refractivity contribution in [1.82, 2.24) is 9.78 Å². The van der Waals surface area contributed by atoms with Crippen LogP contribution in [-0.2, 0) is 6.54 Å². The van der Waals surface area contributed by atoms with Gasteiger partial charge in [0.05, 0.1) is 11.9 Å². The highest BCUT2D eigenvalue weighted by molar-refractivity contribution is 9.10. The number of amides is 1. The molecule has 2 heterocycles. The summed E-state index contributed by atoms with van der Waals surface area (Å²) in [6.45, 7) is 2.82. The van der Waals surface area contributed by atoms with E-state index in [1.807, 2.05) is 36.0 Å². The maximum Gasteiger partial charge on any atom is 0.291 e. The van der Waals surface area contributed by atoms with Crippen LogP contribution in [-0.4, -0.2) is 15.7 Å². The molecule has 1 saturated carbocycles. The van der Waals surface area contributed by atoms with E-state index in [0.29, 0.717) is 17.0 Å². The average molecular weight is 374 g/mol. The van der Waals surface area contributed by atoms with Crippen molar-refractivity contribution < 1.29 is 9.21 Å². The summed E-state index contributed by atoms with van der Waals surface area (Å²) < 4.78 is 8.55. The predicted molar refractivity (Wildman–Crippen MR) is 91.6 cm³/mol. The Kier molecular flexibility index (Phi) is 3.49. The topological polar surface area (TPSA) is 60.1 Å². The van der Waals surface area contributed by atoms with E-state index in [1.54, 1.807) is 6.20 Å². The molecule has 1 fully saturated rings. The molecule has 5 nitrogen and oxygen atoms in total. The number of aryl methyl sites for hydroxylation is 1. The van der Waals surface area contributed by atoms with Gasteiger partial charge in [0.2, 0.25) is 0 Å². The molecule has 4 rings (SSSR count). The molecule has 0 unspecified atom stereocenters. The Hall–Kier alpha value is -2.08. The van der Waals surface area contributed by atoms with Gasteiger partial charge in [-0.15, -0.1) is 0 Å². The van der Waals surface area contributed by atoms with Gasteiger partial charge in [0.1, 0.15) is 5.58 Å². The Morgan fingerprint density at radius 2 is 2.30 bits per heavy atom. The molecule has 0 bridgehead atoms. The largest absolute Gasteiger partial charge is 0.451 e. The first-order chi connectivity index (χ1) is 11.1. The number of nitrogens with zero attached hydrogens (tertiary/aromatic N) is 2. The van der Waals surface area contributed by atoms with Crippen LogP contribution >= 0.6 is 15.9 Å². The third kappa shape index (κ3) is 2.91. The number of aromatic nitrogens is 2. The maximum atomic E-state index is 12.5. The Labute approximate surface area is 141 Å². The predicted octanol–water partition coefficient (Wildman–Crippen LogP) is 4.36. The Balaban J connectivity index is 1.56. The molecule has 0 atom stereocenters. The molecular formula is C17H16BrN3O2. The van der Waals surface area contributed by atoms with E-state index >= 15 is 0 Å². The summed E-state index contributed by atoms with van der Waals surface area (Å²) in [4.78, 5) is 12.5. The number of benzene rings is 1. The summed E-state index contributed by atoms with van der Waals surface area (Å²) in [6.07, 6.45) is 6.09. The van der Waals surface area contributed by atoms with E-state index in [1.165, 1.54) is 12.8 Å². The molecule has 0 aliphatic heterocycles. The zero-order chi connectivity index (χ0) is 16.0. The first-order valence-electron chi connectivity index (χ1n) is 7.62. The lowest BCUT2D eigenvalue weighted by atomic mass is 10.1. The zero-order valence-corrected chi connectivity index (χ0v) is 14.3. The number of rotatable bonds is 4. The van der Waals surface area contributed by atoms with Gasteiger partial charge < -0.3 is 9.73 Å². The van der Waals surface area contributed by atoms with Crippen LogP contribution in [0.5, 0.6) is 0 Å². The van der Waals surface area contributed by atoms with Gasteiger partial charge in [-0.2, -0.15) is 5.10 Å². The highest BCUT2D eigenvalue weighted by atomic mass is 79.9. The number of furan rings is 1. The molecule has 3 aromatic rings. The Morgan fingerprint density at radius 1 is 1.48 bits per heavy atom. The third-order valence-electron chi connectivity index (χ3n) is 4.14. The van der Waals surface area contributed by atoms with Gasteiger partial charge in [0.15, 0.2) is 5.76 Å². The first-order valence-corrected chi connectivity index (χ1v) is 8.42. The van der Waals surface area contributed by atoms with Gasteiger partial charge in [0.25, 0.3) is 5.91 Å². The molecule has 1 aliphatic rings. The molecule has 0 spiro atoms. The van der Waals surface area contributed by atoms with E-state index in [2.05, 4.69) is 26.3 Å². The van der Waals surface area contributed by atoms with Crippen molar-refractivity contribution in [3.8, 4) is 0 Å². The molecular weight excluding hydrogens is 358 g/mol. The summed E-state index contributed by atoms with van der Waals surface area (Å²) in [7, 11) is 0. The lowest BCUT2D eigenvalue weighted by molar-refractivity contribution is 0.0998. The molecule has 1 aliphatic carbocycles. The van der Waals surface area contributed by atoms with Crippen LogP contribution in [0.2, 0.25) is 0 Å². The molecule has 2 aromatic heterocycles. The third-order valence-corrected chi connectivity index (χ3v) is 4.63. The summed E-state index contributed by atoms with van der Waals surface area (Å²) in [5, 5.41) is 8.08. The summed E-state index contributed by atoms with van der Waals surface area (Å²) >= 11 is 3.44. The summed E-state index contributed by atoms with van der Waals surface area (Å²) in [6, 6.07) is 5.71. The second-order valence-electron chi connectivity index (χ2n) is 6.05. The van der Waals surface area contributed by atoms with Crippen molar-refractivity contribution in [3.05, 3.63) is 46.4 Å². The molecule has 1 aromatic carbocycles. The van der Waals surface area contributed by atoms with Crippen molar-refractivity contribution in [2.24, 2.45) is 5.92 Å². The molecule has 1 N–H and O–H groups in total. The van der Waals surface area contributed by atoms with Crippen LogP contribution in [0.3, 0.4) is 0 Å². The fraction of sp³-hybridized carbons (Fsp3) is 0.294. The van der Waals surface area contributed by atoms with E-state index in [-0.39, 0.29) is 5.91 Å². The standard InChI is InChI=1S/C17H16BrN3O2/c1-10-14-6-12(18)4-5-15(14)23-16(10)17(22)20-13-7-19-21(9-13)8-11-2-3-11/h4-7,9,11H,2-3,8H2,1H3,(H,20,22). The minimum atomic E-state index is -0.249. The van der Waals surface area contributed by atoms with Crippen LogP contribution in [0.25, 0.3) is 11.0 Å². The van der Waals surface area contributed by atoms with Crippen LogP contribution in [0, 0.1) is 12.8 Å². The van der Waals surface area contributed by atoms with Gasteiger partial charge in [-0.05, 0) is 43.9 Å². The van der Waals surface area contributed by atoms with E-state index in [4.69, 9.17) is 4.42 Å². The van der Waals surface area contributed by atoms with Gasteiger partial charge in [-0.25, -0.2) is 0 Å². The van der Waals surface area contributed by atoms with Crippen LogP contribution in [0.4, 0.5) is 5.69 Å². The van der Waals surface area contributed by atoms with E-state index < -0.39 is 0 Å². The Morgan fingerprint density at radius 3 is 3.09 bits per heavy atom. The van der Waals surface area contributed by atoms with Crippen molar-refractivity contribution >= 4 is 38.5 Å². The van der Waals surface area contributed by atoms with E-state index in [9.17, 15) is 4.79 Å². The maximum absolute atomic E-state index is 12.5. The van der Waals surface area contributed by atoms with Crippen molar-refractivity contribution in [1.29, 1.82) is 0 Å². The van der Waals surface area contributed by atoms with Gasteiger partial charge in [-0.1, -0.05) is 15.9 Å². The second-order valence-corrected chi connectivity index (χ2v) is 6.96. The number of carbonyl (C=O) groups is 1. The van der Waals surface area contributed by atoms with Gasteiger partial charge in [0, 0.05) is 28.2 Å². The summed E-state index contributed by atoms with van der Waals surface area (Å²) in [5.41, 5.74) is 2.24. The van der Waals surface area contributed by atoms with Crippen LogP contribution in [0.1, 0.15) is 29.0 Å². The fourth-order valence-corrected chi connectivity index (χ4v) is 3.05. The fourth-order valence-electron chi connectivity index (χ4n) is 2.69. The number of hydrogen-bond acceptors (Lipinski definition) is 3. The van der Waals surface area contributed by atoms with Gasteiger partial charge in [-0.3, -0.25) is 9.48 Å². The quantitative estimate of drug-likeness (QED) is 0.738. The van der Waals surface area contributed by atoms with Crippen molar-refractivity contribution in [2.75, 3.05) is 5.32 Å². The molecule has 23 heavy (non-hydrogen) atoms. The smallest absolute Gasteiger partial charge is 0.291 e. The van der Waals surface area contributed by atoms with Crippen LogP contribution in [0.15, 0.2) is 39.5 Å². The number of hydrogen-bond donors (Lipinski definition) is 1. The highest BCUT2D eigenvalue weighted by Gasteiger charge is 2.22. The number of anilines is 1. The van der Waals surface area contributed by atoms with E-state index in [0.717, 1.165) is 27.9 Å². The zero-order valence-electron chi connectivity index (χ0n) is 12.7. The minimum absolute atomic E-state index is 0.249. The number of carbonyl (C=O) groups excluding carboxylic acids is 1. The summed E-state index contributed by atoms with van der Waals surface area (Å²) in [5.74, 6) is 0.836. The normalized spacial score (nSPS) is 14.3. The second kappa shape index (κ2) is 5.53. The average Bonchev–Trinajstić information content (AvgIpc) is 3.13. The molecule has 6 heteroatoms. The SMILES string of the molecule is Cc1c(C(=O)Nc2cnn(CC3CC3)c2)oc2ccc(Br)cc12. The lowest BCUT2D eigenvalue weighted by Crippen LogP contribution is -2.11. The molecule has 118 valence electrons. The molecule has 0 radical (unpaired) electrons. The van der Waals surface area contributed by atoms with Crippen molar-refractivity contribution in [3.63, 3.8) is 0 Å². The minimum Gasteiger partial charge on any atom is -0.451 e. The molecule has 1 amide bonds. The molecule has 0 saturated heterocycles. The van der Waals surface area contributed by atoms with Gasteiger partial charge >= 0.3 is 0 Å². The number of halogens is 1. The van der Waals surface area contributed by atoms with Crippen LogP contribution < -0.4 is 5.32 Å². The first kappa shape index (κ1) is 14.5. The number of fused-ring (bicyclic) bond motifs is 1. The lowest BCUT2D eigenvalue weighted by Gasteiger charge is -2.00. The Bertz CT molecular complexity index is 893.